The zero-order valence-corrected chi connectivity index (χ0v) is 14.6. The molecule has 1 aliphatic rings. The first-order chi connectivity index (χ1) is 12.1. The molecule has 0 spiro atoms. The van der Waals surface area contributed by atoms with Crippen LogP contribution in [-0.2, 0) is 11.2 Å². The molecule has 130 valence electrons. The molecular formula is C20H23N3O2. The van der Waals surface area contributed by atoms with E-state index in [-0.39, 0.29) is 11.9 Å². The Hall–Kier alpha value is -2.82. The first kappa shape index (κ1) is 17.0. The van der Waals surface area contributed by atoms with E-state index >= 15 is 0 Å². The van der Waals surface area contributed by atoms with Crippen molar-refractivity contribution in [1.82, 2.24) is 5.32 Å². The minimum atomic E-state index is -0.490. The largest absolute Gasteiger partial charge is 0.326 e. The van der Waals surface area contributed by atoms with Crippen molar-refractivity contribution in [3.05, 3.63) is 59.7 Å². The van der Waals surface area contributed by atoms with Gasteiger partial charge in [0.15, 0.2) is 0 Å². The van der Waals surface area contributed by atoms with Gasteiger partial charge in [0.25, 0.3) is 0 Å². The van der Waals surface area contributed by atoms with Gasteiger partial charge in [-0.1, -0.05) is 36.8 Å². The second-order valence-electron chi connectivity index (χ2n) is 6.32. The van der Waals surface area contributed by atoms with Gasteiger partial charge in [0, 0.05) is 17.9 Å². The van der Waals surface area contributed by atoms with E-state index in [1.54, 1.807) is 4.90 Å². The maximum atomic E-state index is 12.5. The highest BCUT2D eigenvalue weighted by Gasteiger charge is 2.33. The summed E-state index contributed by atoms with van der Waals surface area (Å²) in [6.45, 7) is 4.70. The van der Waals surface area contributed by atoms with Gasteiger partial charge in [0.05, 0.1) is 0 Å². The molecule has 2 aromatic carbocycles. The summed E-state index contributed by atoms with van der Waals surface area (Å²) in [5.74, 6) is -0.0691. The fourth-order valence-electron chi connectivity index (χ4n) is 2.94. The van der Waals surface area contributed by atoms with E-state index in [1.165, 1.54) is 5.56 Å². The van der Waals surface area contributed by atoms with Crippen LogP contribution in [0.2, 0.25) is 0 Å². The smallest absolute Gasteiger partial charge is 0.319 e. The Kier molecular flexibility index (Phi) is 5.03. The molecule has 1 saturated heterocycles. The lowest BCUT2D eigenvalue weighted by Crippen LogP contribution is -2.43. The zero-order chi connectivity index (χ0) is 17.8. The van der Waals surface area contributed by atoms with Crippen LogP contribution in [0.25, 0.3) is 0 Å². The lowest BCUT2D eigenvalue weighted by atomic mass is 10.1. The Morgan fingerprint density at radius 2 is 1.80 bits per heavy atom. The molecule has 25 heavy (non-hydrogen) atoms. The molecule has 2 aromatic rings. The third kappa shape index (κ3) is 3.99. The molecule has 5 heteroatoms. The molecule has 2 N–H and O–H groups in total. The minimum Gasteiger partial charge on any atom is -0.326 e. The number of hydrogen-bond donors (Lipinski definition) is 2. The third-order valence-electron chi connectivity index (χ3n) is 4.48. The number of hydrogen-bond acceptors (Lipinski definition) is 2. The normalized spacial score (nSPS) is 16.8. The average Bonchev–Trinajstić information content (AvgIpc) is 2.97. The van der Waals surface area contributed by atoms with Crippen molar-refractivity contribution in [2.24, 2.45) is 0 Å². The maximum absolute atomic E-state index is 12.5. The van der Waals surface area contributed by atoms with Gasteiger partial charge >= 0.3 is 6.03 Å². The summed E-state index contributed by atoms with van der Waals surface area (Å²) in [6, 6.07) is 14.7. The van der Waals surface area contributed by atoms with Crippen LogP contribution in [0.3, 0.4) is 0 Å². The summed E-state index contributed by atoms with van der Waals surface area (Å²) in [5, 5.41) is 5.56. The van der Waals surface area contributed by atoms with Crippen LogP contribution >= 0.6 is 0 Å². The molecule has 1 fully saturated rings. The fourth-order valence-corrected chi connectivity index (χ4v) is 2.94. The van der Waals surface area contributed by atoms with Gasteiger partial charge in [0.1, 0.15) is 6.04 Å². The Morgan fingerprint density at radius 3 is 2.44 bits per heavy atom. The number of nitrogens with one attached hydrogen (secondary N) is 2. The number of amides is 3. The Bertz CT molecular complexity index is 754. The van der Waals surface area contributed by atoms with Crippen LogP contribution in [0, 0.1) is 6.92 Å². The van der Waals surface area contributed by atoms with Gasteiger partial charge in [0.2, 0.25) is 5.91 Å². The summed E-state index contributed by atoms with van der Waals surface area (Å²) in [7, 11) is 0. The fraction of sp³-hybridized carbons (Fsp3) is 0.300. The molecule has 0 bridgehead atoms. The highest BCUT2D eigenvalue weighted by atomic mass is 16.2. The number of urea groups is 1. The Labute approximate surface area is 148 Å². The van der Waals surface area contributed by atoms with Gasteiger partial charge in [-0.3, -0.25) is 4.79 Å². The quantitative estimate of drug-likeness (QED) is 0.897. The van der Waals surface area contributed by atoms with Gasteiger partial charge < -0.3 is 15.5 Å². The molecule has 3 rings (SSSR count). The molecular weight excluding hydrogens is 314 g/mol. The van der Waals surface area contributed by atoms with Crippen LogP contribution in [-0.4, -0.2) is 24.5 Å². The number of nitrogens with zero attached hydrogens (tertiary/aromatic N) is 1. The summed E-state index contributed by atoms with van der Waals surface area (Å²) >= 11 is 0. The molecule has 1 aliphatic heterocycles. The highest BCUT2D eigenvalue weighted by Crippen LogP contribution is 2.22. The molecule has 0 unspecified atom stereocenters. The van der Waals surface area contributed by atoms with Crippen molar-refractivity contribution >= 4 is 23.3 Å². The third-order valence-corrected chi connectivity index (χ3v) is 4.48. The lowest BCUT2D eigenvalue weighted by molar-refractivity contribution is -0.118. The van der Waals surface area contributed by atoms with Crippen LogP contribution < -0.4 is 15.5 Å². The van der Waals surface area contributed by atoms with Gasteiger partial charge in [-0.2, -0.15) is 0 Å². The number of rotatable bonds is 4. The van der Waals surface area contributed by atoms with Crippen molar-refractivity contribution in [1.29, 1.82) is 0 Å². The molecule has 0 aromatic heterocycles. The zero-order valence-electron chi connectivity index (χ0n) is 14.6. The molecule has 0 saturated carbocycles. The van der Waals surface area contributed by atoms with E-state index in [9.17, 15) is 9.59 Å². The van der Waals surface area contributed by atoms with Gasteiger partial charge in [-0.25, -0.2) is 4.79 Å². The van der Waals surface area contributed by atoms with E-state index in [0.29, 0.717) is 13.0 Å². The van der Waals surface area contributed by atoms with E-state index in [2.05, 4.69) is 17.6 Å². The summed E-state index contributed by atoms with van der Waals surface area (Å²) < 4.78 is 0. The van der Waals surface area contributed by atoms with Crippen molar-refractivity contribution in [3.8, 4) is 0 Å². The molecule has 5 nitrogen and oxygen atoms in total. The van der Waals surface area contributed by atoms with Crippen LogP contribution in [0.15, 0.2) is 48.5 Å². The summed E-state index contributed by atoms with van der Waals surface area (Å²) in [6.07, 6.45) is 1.56. The summed E-state index contributed by atoms with van der Waals surface area (Å²) in [4.78, 5) is 26.4. The number of carbonyl (C=O) groups is 2. The van der Waals surface area contributed by atoms with Gasteiger partial charge in [-0.05, 0) is 49.6 Å². The number of carbonyl (C=O) groups excluding carboxylic acids is 2. The molecule has 3 amide bonds. The molecule has 1 heterocycles. The molecule has 0 aliphatic carbocycles. The predicted molar refractivity (Wildman–Crippen MR) is 99.9 cm³/mol. The van der Waals surface area contributed by atoms with Crippen molar-refractivity contribution in [3.63, 3.8) is 0 Å². The highest BCUT2D eigenvalue weighted by molar-refractivity contribution is 6.02. The van der Waals surface area contributed by atoms with Crippen LogP contribution in [0.1, 0.15) is 24.5 Å². The van der Waals surface area contributed by atoms with E-state index in [4.69, 9.17) is 0 Å². The van der Waals surface area contributed by atoms with Crippen molar-refractivity contribution < 1.29 is 9.59 Å². The van der Waals surface area contributed by atoms with Crippen LogP contribution in [0.4, 0.5) is 16.2 Å². The standard InChI is InChI=1S/C20H23N3O2/c1-3-15-6-8-16(9-7-15)21-20(25)22-18-12-13-23(19(18)24)17-10-4-14(2)5-11-17/h4-11,18H,3,12-13H2,1-2H3,(H2,21,22,25)/t18-/m0/s1. The van der Waals surface area contributed by atoms with Crippen molar-refractivity contribution in [2.75, 3.05) is 16.8 Å². The SMILES string of the molecule is CCc1ccc(NC(=O)N[C@H]2CCN(c3ccc(C)cc3)C2=O)cc1. The maximum Gasteiger partial charge on any atom is 0.319 e. The summed E-state index contributed by atoms with van der Waals surface area (Å²) in [5.41, 5.74) is 3.95. The Morgan fingerprint density at radius 1 is 1.12 bits per heavy atom. The lowest BCUT2D eigenvalue weighted by Gasteiger charge is -2.17. The second kappa shape index (κ2) is 7.38. The first-order valence-corrected chi connectivity index (χ1v) is 8.61. The van der Waals surface area contributed by atoms with Crippen molar-refractivity contribution in [2.45, 2.75) is 32.7 Å². The van der Waals surface area contributed by atoms with Gasteiger partial charge in [-0.15, -0.1) is 0 Å². The first-order valence-electron chi connectivity index (χ1n) is 8.61. The predicted octanol–water partition coefficient (Wildman–Crippen LogP) is 3.48. The average molecular weight is 337 g/mol. The number of aryl methyl sites for hydroxylation is 2. The second-order valence-corrected chi connectivity index (χ2v) is 6.32. The van der Waals surface area contributed by atoms with E-state index in [0.717, 1.165) is 23.4 Å². The minimum absolute atomic E-state index is 0.0691. The number of benzene rings is 2. The van der Waals surface area contributed by atoms with Crippen LogP contribution in [0.5, 0.6) is 0 Å². The molecule has 1 atom stereocenters. The number of anilines is 2. The monoisotopic (exact) mass is 337 g/mol. The topological polar surface area (TPSA) is 61.4 Å². The van der Waals surface area contributed by atoms with E-state index in [1.807, 2.05) is 55.5 Å². The van der Waals surface area contributed by atoms with E-state index < -0.39 is 6.04 Å². The Balaban J connectivity index is 1.58. The molecule has 0 radical (unpaired) electrons.